The molecule has 0 aliphatic rings. The largest absolute Gasteiger partial charge is 0.493 e. The molecule has 0 fully saturated rings. The molecule has 7 nitrogen and oxygen atoms in total. The van der Waals surface area contributed by atoms with Crippen LogP contribution >= 0.6 is 11.6 Å². The van der Waals surface area contributed by atoms with E-state index in [4.69, 9.17) is 26.8 Å². The van der Waals surface area contributed by atoms with E-state index < -0.39 is 11.8 Å². The third kappa shape index (κ3) is 4.14. The van der Waals surface area contributed by atoms with E-state index in [2.05, 4.69) is 10.3 Å². The van der Waals surface area contributed by atoms with E-state index in [0.29, 0.717) is 5.82 Å². The van der Waals surface area contributed by atoms with Crippen LogP contribution in [0.1, 0.15) is 15.9 Å². The van der Waals surface area contributed by atoms with Gasteiger partial charge in [-0.15, -0.1) is 0 Å². The lowest BCUT2D eigenvalue weighted by molar-refractivity contribution is -0.119. The van der Waals surface area contributed by atoms with Crippen molar-refractivity contribution >= 4 is 29.2 Å². The second-order valence-electron chi connectivity index (χ2n) is 4.87. The summed E-state index contributed by atoms with van der Waals surface area (Å²) < 4.78 is 10.4. The number of benzene rings is 1. The number of hydrogen-bond donors (Lipinski definition) is 2. The first-order valence-corrected chi connectivity index (χ1v) is 7.31. The summed E-state index contributed by atoms with van der Waals surface area (Å²) in [6, 6.07) is 6.47. The van der Waals surface area contributed by atoms with Crippen molar-refractivity contribution in [1.29, 1.82) is 0 Å². The lowest BCUT2D eigenvalue weighted by atomic mass is 10.1. The first kappa shape index (κ1) is 17.6. The van der Waals surface area contributed by atoms with E-state index in [1.54, 1.807) is 12.3 Å². The molecule has 1 heterocycles. The molecular formula is C16H16ClN3O4. The van der Waals surface area contributed by atoms with Gasteiger partial charge in [-0.3, -0.25) is 9.59 Å². The van der Waals surface area contributed by atoms with E-state index in [9.17, 15) is 9.59 Å². The van der Waals surface area contributed by atoms with Crippen molar-refractivity contribution in [3.63, 3.8) is 0 Å². The number of nitrogens with two attached hydrogens (primary N) is 1. The highest BCUT2D eigenvalue weighted by molar-refractivity contribution is 6.32. The number of nitrogens with zero attached hydrogens (tertiary/aromatic N) is 1. The maximum Gasteiger partial charge on any atom is 0.257 e. The minimum absolute atomic E-state index is 0.124. The number of carbonyl (C=O) groups is 2. The zero-order chi connectivity index (χ0) is 17.7. The summed E-state index contributed by atoms with van der Waals surface area (Å²) in [5, 5.41) is 2.82. The van der Waals surface area contributed by atoms with Gasteiger partial charge in [0.1, 0.15) is 5.82 Å². The van der Waals surface area contributed by atoms with E-state index >= 15 is 0 Å². The molecule has 8 heteroatoms. The Morgan fingerprint density at radius 2 is 2.12 bits per heavy atom. The van der Waals surface area contributed by atoms with Crippen LogP contribution in [0, 0.1) is 6.92 Å². The summed E-state index contributed by atoms with van der Waals surface area (Å²) in [7, 11) is 1.40. The fourth-order valence-corrected chi connectivity index (χ4v) is 2.20. The molecule has 126 valence electrons. The number of aryl methyl sites for hydroxylation is 1. The van der Waals surface area contributed by atoms with Crippen molar-refractivity contribution in [3.05, 3.63) is 46.6 Å². The van der Waals surface area contributed by atoms with Crippen LogP contribution in [0.3, 0.4) is 0 Å². The molecule has 2 rings (SSSR count). The van der Waals surface area contributed by atoms with Crippen molar-refractivity contribution in [3.8, 4) is 11.5 Å². The molecule has 0 atom stereocenters. The summed E-state index contributed by atoms with van der Waals surface area (Å²) in [4.78, 5) is 27.3. The highest BCUT2D eigenvalue weighted by atomic mass is 35.5. The van der Waals surface area contributed by atoms with Gasteiger partial charge in [0.05, 0.1) is 12.1 Å². The maximum atomic E-state index is 12.4. The number of halogens is 1. The SMILES string of the molecule is COc1cc(C(=O)Nc2ncccc2C)cc(Cl)c1OCC(N)=O. The number of amides is 2. The van der Waals surface area contributed by atoms with Crippen LogP contribution in [0.4, 0.5) is 5.82 Å². The molecule has 0 aliphatic carbocycles. The molecule has 0 spiro atoms. The molecule has 0 unspecified atom stereocenters. The standard InChI is InChI=1S/C16H16ClN3O4/c1-9-4-3-5-19-15(9)20-16(22)10-6-11(17)14(12(7-10)23-2)24-8-13(18)21/h3-7H,8H2,1-2H3,(H2,18,21)(H,19,20,22). The van der Waals surface area contributed by atoms with Crippen LogP contribution in [0.5, 0.6) is 11.5 Å². The van der Waals surface area contributed by atoms with Gasteiger partial charge in [0.2, 0.25) is 0 Å². The fraction of sp³-hybridized carbons (Fsp3) is 0.188. The zero-order valence-corrected chi connectivity index (χ0v) is 13.9. The van der Waals surface area contributed by atoms with Gasteiger partial charge in [-0.05, 0) is 30.7 Å². The Balaban J connectivity index is 2.27. The van der Waals surface area contributed by atoms with Gasteiger partial charge in [0, 0.05) is 11.8 Å². The molecule has 0 saturated heterocycles. The average molecular weight is 350 g/mol. The van der Waals surface area contributed by atoms with Crippen LogP contribution in [-0.2, 0) is 4.79 Å². The van der Waals surface area contributed by atoms with Gasteiger partial charge in [-0.25, -0.2) is 4.98 Å². The van der Waals surface area contributed by atoms with Gasteiger partial charge in [0.15, 0.2) is 18.1 Å². The van der Waals surface area contributed by atoms with Gasteiger partial charge < -0.3 is 20.5 Å². The van der Waals surface area contributed by atoms with E-state index in [0.717, 1.165) is 5.56 Å². The molecule has 0 saturated carbocycles. The molecule has 0 aliphatic heterocycles. The number of hydrogen-bond acceptors (Lipinski definition) is 5. The van der Waals surface area contributed by atoms with Crippen molar-refractivity contribution in [1.82, 2.24) is 4.98 Å². The van der Waals surface area contributed by atoms with E-state index in [1.165, 1.54) is 19.2 Å². The molecular weight excluding hydrogens is 334 g/mol. The molecule has 1 aromatic heterocycles. The van der Waals surface area contributed by atoms with Gasteiger partial charge >= 0.3 is 0 Å². The Morgan fingerprint density at radius 1 is 1.38 bits per heavy atom. The first-order valence-electron chi connectivity index (χ1n) is 6.94. The Bertz CT molecular complexity index is 780. The van der Waals surface area contributed by atoms with Gasteiger partial charge in [0.25, 0.3) is 11.8 Å². The minimum Gasteiger partial charge on any atom is -0.493 e. The van der Waals surface area contributed by atoms with E-state index in [1.807, 2.05) is 13.0 Å². The topological polar surface area (TPSA) is 104 Å². The summed E-state index contributed by atoms with van der Waals surface area (Å²) >= 11 is 6.12. The molecule has 2 amide bonds. The molecule has 2 aromatic rings. The minimum atomic E-state index is -0.652. The van der Waals surface area contributed by atoms with Crippen LogP contribution in [0.2, 0.25) is 5.02 Å². The predicted molar refractivity (Wildman–Crippen MR) is 89.6 cm³/mol. The molecule has 24 heavy (non-hydrogen) atoms. The Morgan fingerprint density at radius 3 is 2.75 bits per heavy atom. The van der Waals surface area contributed by atoms with Crippen molar-refractivity contribution < 1.29 is 19.1 Å². The second kappa shape index (κ2) is 7.65. The quantitative estimate of drug-likeness (QED) is 0.831. The van der Waals surface area contributed by atoms with Gasteiger partial charge in [-0.2, -0.15) is 0 Å². The second-order valence-corrected chi connectivity index (χ2v) is 5.27. The Labute approximate surface area is 143 Å². The molecule has 0 radical (unpaired) electrons. The van der Waals surface area contributed by atoms with Crippen LogP contribution < -0.4 is 20.5 Å². The number of ether oxygens (including phenoxy) is 2. The summed E-state index contributed by atoms with van der Waals surface area (Å²) in [5.74, 6) is -0.249. The van der Waals surface area contributed by atoms with Crippen LogP contribution in [0.25, 0.3) is 0 Å². The Hall–Kier alpha value is -2.80. The third-order valence-corrected chi connectivity index (χ3v) is 3.37. The number of anilines is 1. The number of nitrogens with one attached hydrogen (secondary N) is 1. The van der Waals surface area contributed by atoms with Crippen LogP contribution in [-0.4, -0.2) is 30.5 Å². The normalized spacial score (nSPS) is 10.1. The number of aromatic nitrogens is 1. The summed E-state index contributed by atoms with van der Waals surface area (Å²) in [6.07, 6.45) is 1.58. The maximum absolute atomic E-state index is 12.4. The lowest BCUT2D eigenvalue weighted by Gasteiger charge is -2.13. The van der Waals surface area contributed by atoms with Gasteiger partial charge in [-0.1, -0.05) is 17.7 Å². The first-order chi connectivity index (χ1) is 11.4. The van der Waals surface area contributed by atoms with Crippen molar-refractivity contribution in [2.45, 2.75) is 6.92 Å². The molecule has 1 aromatic carbocycles. The smallest absolute Gasteiger partial charge is 0.257 e. The van der Waals surface area contributed by atoms with Crippen molar-refractivity contribution in [2.75, 3.05) is 19.0 Å². The molecule has 0 bridgehead atoms. The number of methoxy groups -OCH3 is 1. The summed E-state index contributed by atoms with van der Waals surface area (Å²) in [5.41, 5.74) is 6.12. The predicted octanol–water partition coefficient (Wildman–Crippen LogP) is 2.17. The monoisotopic (exact) mass is 349 g/mol. The third-order valence-electron chi connectivity index (χ3n) is 3.09. The fourth-order valence-electron chi connectivity index (χ4n) is 1.93. The Kier molecular flexibility index (Phi) is 5.59. The number of carbonyl (C=O) groups excluding carboxylic acids is 2. The highest BCUT2D eigenvalue weighted by Crippen LogP contribution is 2.36. The number of primary amides is 1. The summed E-state index contributed by atoms with van der Waals surface area (Å²) in [6.45, 7) is 1.48. The number of pyridine rings is 1. The lowest BCUT2D eigenvalue weighted by Crippen LogP contribution is -2.20. The van der Waals surface area contributed by atoms with E-state index in [-0.39, 0.29) is 28.7 Å². The zero-order valence-electron chi connectivity index (χ0n) is 13.1. The number of rotatable bonds is 6. The van der Waals surface area contributed by atoms with Crippen LogP contribution in [0.15, 0.2) is 30.5 Å². The van der Waals surface area contributed by atoms with Crippen molar-refractivity contribution in [2.24, 2.45) is 5.73 Å². The average Bonchev–Trinajstić information content (AvgIpc) is 2.54. The molecule has 3 N–H and O–H groups in total. The highest BCUT2D eigenvalue weighted by Gasteiger charge is 2.17.